The molecule has 2 aliphatic heterocycles. The maximum absolute atomic E-state index is 14.8. The van der Waals surface area contributed by atoms with E-state index in [1.165, 1.54) is 17.0 Å². The Balaban J connectivity index is 0.00000289. The van der Waals surface area contributed by atoms with E-state index in [0.29, 0.717) is 30.0 Å². The van der Waals surface area contributed by atoms with Crippen molar-refractivity contribution in [2.75, 3.05) is 31.7 Å². The molecule has 0 unspecified atom stereocenters. The van der Waals surface area contributed by atoms with Gasteiger partial charge in [0.25, 0.3) is 0 Å². The lowest BCUT2D eigenvalue weighted by Gasteiger charge is -2.36. The third-order valence-electron chi connectivity index (χ3n) is 5.97. The average molecular weight is 469 g/mol. The van der Waals surface area contributed by atoms with Gasteiger partial charge in [-0.1, -0.05) is 12.1 Å². The van der Waals surface area contributed by atoms with Gasteiger partial charge in [-0.2, -0.15) is 0 Å². The topological polar surface area (TPSA) is 71.0 Å². The number of hydrogen-bond acceptors (Lipinski definition) is 5. The summed E-state index contributed by atoms with van der Waals surface area (Å²) in [5.41, 5.74) is -0.0310. The van der Waals surface area contributed by atoms with Crippen molar-refractivity contribution in [1.82, 2.24) is 5.32 Å². The molecule has 0 aromatic heterocycles. The van der Waals surface area contributed by atoms with Crippen LogP contribution in [0.5, 0.6) is 11.5 Å². The van der Waals surface area contributed by atoms with Crippen molar-refractivity contribution in [3.8, 4) is 11.5 Å². The van der Waals surface area contributed by atoms with Crippen LogP contribution in [-0.2, 0) is 17.8 Å². The van der Waals surface area contributed by atoms with E-state index in [4.69, 9.17) is 9.47 Å². The molecule has 0 spiro atoms. The Morgan fingerprint density at radius 3 is 2.66 bits per heavy atom. The molecule has 2 atom stereocenters. The number of carbonyl (C=O) groups is 1. The minimum absolute atomic E-state index is 0. The van der Waals surface area contributed by atoms with Crippen molar-refractivity contribution < 1.29 is 28.2 Å². The van der Waals surface area contributed by atoms with Crippen LogP contribution in [0, 0.1) is 5.82 Å². The summed E-state index contributed by atoms with van der Waals surface area (Å²) in [6, 6.07) is 9.95. The van der Waals surface area contributed by atoms with Crippen molar-refractivity contribution in [2.24, 2.45) is 0 Å². The van der Waals surface area contributed by atoms with Crippen LogP contribution >= 0.6 is 12.4 Å². The zero-order valence-corrected chi connectivity index (χ0v) is 18.6. The maximum Gasteiger partial charge on any atom is 0.227 e. The van der Waals surface area contributed by atoms with E-state index in [0.717, 1.165) is 5.56 Å². The smallest absolute Gasteiger partial charge is 0.227 e. The van der Waals surface area contributed by atoms with Gasteiger partial charge < -0.3 is 24.8 Å². The summed E-state index contributed by atoms with van der Waals surface area (Å²) in [5.74, 6) is 0.355. The van der Waals surface area contributed by atoms with Crippen LogP contribution in [0.3, 0.4) is 0 Å². The van der Waals surface area contributed by atoms with Gasteiger partial charge in [0.1, 0.15) is 35.7 Å². The fourth-order valence-electron chi connectivity index (χ4n) is 4.08. The molecule has 2 N–H and O–H groups in total. The molecule has 4 rings (SSSR count). The number of piperidine rings is 1. The molecule has 6 nitrogen and oxygen atoms in total. The summed E-state index contributed by atoms with van der Waals surface area (Å²) in [6.45, 7) is 0.524. The molecule has 0 radical (unpaired) electrons. The van der Waals surface area contributed by atoms with Crippen LogP contribution in [0.1, 0.15) is 24.0 Å². The van der Waals surface area contributed by atoms with Crippen LogP contribution in [0.15, 0.2) is 36.4 Å². The zero-order valence-electron chi connectivity index (χ0n) is 17.8. The van der Waals surface area contributed by atoms with Crippen LogP contribution in [0.4, 0.5) is 14.5 Å². The van der Waals surface area contributed by atoms with Gasteiger partial charge in [0, 0.05) is 18.5 Å². The molecule has 0 saturated carbocycles. The van der Waals surface area contributed by atoms with E-state index < -0.39 is 17.6 Å². The second-order valence-corrected chi connectivity index (χ2v) is 8.01. The lowest BCUT2D eigenvalue weighted by Crippen LogP contribution is -2.55. The fraction of sp³-hybridized carbons (Fsp3) is 0.435. The van der Waals surface area contributed by atoms with Crippen LogP contribution < -0.4 is 19.7 Å². The average Bonchev–Trinajstić information content (AvgIpc) is 2.78. The third-order valence-corrected chi connectivity index (χ3v) is 5.97. The lowest BCUT2D eigenvalue weighted by molar-refractivity contribution is -0.119. The first-order chi connectivity index (χ1) is 14.9. The molecule has 174 valence electrons. The van der Waals surface area contributed by atoms with E-state index in [1.54, 1.807) is 19.2 Å². The number of rotatable bonds is 6. The minimum Gasteiger partial charge on any atom is -0.497 e. The van der Waals surface area contributed by atoms with Crippen LogP contribution in [0.25, 0.3) is 0 Å². The highest BCUT2D eigenvalue weighted by Gasteiger charge is 2.40. The molecule has 2 aromatic rings. The summed E-state index contributed by atoms with van der Waals surface area (Å²) in [6.07, 6.45) is -0.701. The summed E-state index contributed by atoms with van der Waals surface area (Å²) >= 11 is 0. The van der Waals surface area contributed by atoms with Gasteiger partial charge in [-0.15, -0.1) is 12.4 Å². The highest BCUT2D eigenvalue weighted by atomic mass is 35.5. The normalized spacial score (nSPS) is 22.7. The molecule has 9 heteroatoms. The van der Waals surface area contributed by atoms with Crippen molar-refractivity contribution in [3.63, 3.8) is 0 Å². The summed E-state index contributed by atoms with van der Waals surface area (Å²) in [5, 5.41) is 13.5. The minimum atomic E-state index is -1.60. The van der Waals surface area contributed by atoms with Crippen LogP contribution in [-0.4, -0.2) is 49.6 Å². The lowest BCUT2D eigenvalue weighted by atomic mass is 9.91. The Kier molecular flexibility index (Phi) is 7.59. The molecular formula is C23H27ClF2N2O4. The van der Waals surface area contributed by atoms with Crippen molar-refractivity contribution >= 4 is 24.0 Å². The Morgan fingerprint density at radius 1 is 1.22 bits per heavy atom. The maximum atomic E-state index is 14.8. The molecule has 0 aliphatic carbocycles. The Morgan fingerprint density at radius 2 is 1.97 bits per heavy atom. The second-order valence-electron chi connectivity index (χ2n) is 8.01. The second kappa shape index (κ2) is 10.0. The third kappa shape index (κ3) is 4.82. The molecule has 2 heterocycles. The number of hydrogen-bond donors (Lipinski definition) is 2. The van der Waals surface area contributed by atoms with Gasteiger partial charge in [-0.05, 0) is 49.2 Å². The van der Waals surface area contributed by atoms with E-state index in [2.05, 4.69) is 5.32 Å². The molecule has 2 aromatic carbocycles. The highest BCUT2D eigenvalue weighted by molar-refractivity contribution is 5.97. The number of amides is 1. The number of alkyl halides is 1. The number of ether oxygens (including phenoxy) is 2. The number of methoxy groups -OCH3 is 1. The summed E-state index contributed by atoms with van der Waals surface area (Å²) < 4.78 is 40.0. The zero-order chi connectivity index (χ0) is 22.0. The molecule has 0 bridgehead atoms. The number of nitrogens with zero attached hydrogens (tertiary/aromatic N) is 1. The van der Waals surface area contributed by atoms with E-state index in [1.807, 2.05) is 12.1 Å². The highest BCUT2D eigenvalue weighted by Crippen LogP contribution is 2.38. The number of halogens is 3. The molecular weight excluding hydrogens is 442 g/mol. The number of nitrogens with one attached hydrogen (secondary N) is 1. The first-order valence-electron chi connectivity index (χ1n) is 10.4. The van der Waals surface area contributed by atoms with E-state index in [-0.39, 0.29) is 56.5 Å². The van der Waals surface area contributed by atoms with Crippen molar-refractivity contribution in [2.45, 2.75) is 37.6 Å². The Labute approximate surface area is 191 Å². The number of aliphatic hydroxyl groups is 1. The molecule has 2 aliphatic rings. The predicted octanol–water partition coefficient (Wildman–Crippen LogP) is 3.18. The number of carbonyl (C=O) groups excluding carboxylic acids is 1. The number of benzene rings is 2. The SMILES string of the molecule is COc1ccc(CN2C(=O)CCc3c(OC[C@@]4(O)CCNC[C@H]4F)ccc(F)c32)cc1.Cl. The van der Waals surface area contributed by atoms with Crippen molar-refractivity contribution in [3.05, 3.63) is 53.3 Å². The first-order valence-corrected chi connectivity index (χ1v) is 10.4. The van der Waals surface area contributed by atoms with E-state index >= 15 is 0 Å². The predicted molar refractivity (Wildman–Crippen MR) is 119 cm³/mol. The molecule has 1 fully saturated rings. The van der Waals surface area contributed by atoms with Gasteiger partial charge in [-0.25, -0.2) is 8.78 Å². The number of fused-ring (bicyclic) bond motifs is 1. The molecule has 1 amide bonds. The van der Waals surface area contributed by atoms with Gasteiger partial charge in [0.05, 0.1) is 19.3 Å². The Bertz CT molecular complexity index is 960. The summed E-state index contributed by atoms with van der Waals surface area (Å²) in [7, 11) is 1.57. The van der Waals surface area contributed by atoms with E-state index in [9.17, 15) is 18.7 Å². The van der Waals surface area contributed by atoms with Gasteiger partial charge in [0.15, 0.2) is 0 Å². The molecule has 1 saturated heterocycles. The van der Waals surface area contributed by atoms with Gasteiger partial charge in [0.2, 0.25) is 5.91 Å². The quantitative estimate of drug-likeness (QED) is 0.681. The molecule has 32 heavy (non-hydrogen) atoms. The standard InChI is InChI=1S/C23H26F2N2O4.ClH/c1-30-16-4-2-15(3-5-16)13-27-21(28)9-6-17-19(8-7-18(24)22(17)27)31-14-23(29)10-11-26-12-20(23)25;/h2-5,7-8,20,26,29H,6,9-14H2,1H3;1H/t20-,23+;/m1./s1. The summed E-state index contributed by atoms with van der Waals surface area (Å²) in [4.78, 5) is 14.1. The first kappa shape index (κ1) is 24.2. The monoisotopic (exact) mass is 468 g/mol. The van der Waals surface area contributed by atoms with Gasteiger partial charge >= 0.3 is 0 Å². The Hall–Kier alpha value is -2.42. The van der Waals surface area contributed by atoms with Crippen molar-refractivity contribution in [1.29, 1.82) is 0 Å². The fourth-order valence-corrected chi connectivity index (χ4v) is 4.08. The number of anilines is 1. The van der Waals surface area contributed by atoms with Gasteiger partial charge in [-0.3, -0.25) is 4.79 Å². The largest absolute Gasteiger partial charge is 0.497 e. The van der Waals surface area contributed by atoms with Crippen LogP contribution in [0.2, 0.25) is 0 Å².